The second-order valence-electron chi connectivity index (χ2n) is 5.18. The van der Waals surface area contributed by atoms with Gasteiger partial charge in [-0.3, -0.25) is 0 Å². The number of ether oxygens (including phenoxy) is 1. The molecule has 0 radical (unpaired) electrons. The number of hydrogen-bond donors (Lipinski definition) is 2. The van der Waals surface area contributed by atoms with Gasteiger partial charge in [0.1, 0.15) is 0 Å². The summed E-state index contributed by atoms with van der Waals surface area (Å²) in [6.07, 6.45) is 4.51. The Morgan fingerprint density at radius 1 is 1.33 bits per heavy atom. The molecule has 2 unspecified atom stereocenters. The number of nitrogens with two attached hydrogens (primary N) is 1. The normalized spacial score (nSPS) is 22.9. The van der Waals surface area contributed by atoms with Crippen molar-refractivity contribution in [2.45, 2.75) is 37.2 Å². The number of benzene rings is 1. The largest absolute Gasteiger partial charge is 0.395 e. The first-order chi connectivity index (χ1) is 8.80. The minimum absolute atomic E-state index is 0.0975. The minimum Gasteiger partial charge on any atom is -0.395 e. The lowest BCUT2D eigenvalue weighted by molar-refractivity contribution is 0.0883. The van der Waals surface area contributed by atoms with E-state index in [0.717, 1.165) is 37.9 Å². The standard InChI is InChI=1S/C15H23NO2/c16-11-15(12-17,13-5-2-1-3-6-13)9-8-14-7-4-10-18-14/h1-3,5-6,14,17H,4,7-12,16H2. The zero-order valence-electron chi connectivity index (χ0n) is 10.8. The summed E-state index contributed by atoms with van der Waals surface area (Å²) in [6.45, 7) is 1.45. The van der Waals surface area contributed by atoms with Crippen LogP contribution < -0.4 is 5.73 Å². The first-order valence-corrected chi connectivity index (χ1v) is 6.79. The molecule has 3 N–H and O–H groups in total. The van der Waals surface area contributed by atoms with Gasteiger partial charge < -0.3 is 15.6 Å². The highest BCUT2D eigenvalue weighted by molar-refractivity contribution is 5.26. The van der Waals surface area contributed by atoms with Crippen LogP contribution in [0.5, 0.6) is 0 Å². The second kappa shape index (κ2) is 6.32. The van der Waals surface area contributed by atoms with Crippen LogP contribution in [-0.2, 0) is 10.2 Å². The molecule has 0 aromatic heterocycles. The summed E-state index contributed by atoms with van der Waals surface area (Å²) >= 11 is 0. The van der Waals surface area contributed by atoms with Crippen molar-refractivity contribution in [1.82, 2.24) is 0 Å². The molecule has 0 saturated carbocycles. The van der Waals surface area contributed by atoms with Crippen LogP contribution in [0, 0.1) is 0 Å². The third-order valence-corrected chi connectivity index (χ3v) is 4.05. The van der Waals surface area contributed by atoms with E-state index in [0.29, 0.717) is 12.6 Å². The maximum absolute atomic E-state index is 9.78. The molecule has 1 aliphatic rings. The maximum atomic E-state index is 9.78. The molecule has 3 heteroatoms. The van der Waals surface area contributed by atoms with Crippen LogP contribution in [0.1, 0.15) is 31.2 Å². The van der Waals surface area contributed by atoms with Crippen molar-refractivity contribution in [3.8, 4) is 0 Å². The molecule has 0 amide bonds. The monoisotopic (exact) mass is 249 g/mol. The predicted molar refractivity (Wildman–Crippen MR) is 72.5 cm³/mol. The van der Waals surface area contributed by atoms with E-state index in [4.69, 9.17) is 10.5 Å². The van der Waals surface area contributed by atoms with E-state index >= 15 is 0 Å². The molecule has 1 aromatic carbocycles. The van der Waals surface area contributed by atoms with Crippen LogP contribution in [0.2, 0.25) is 0 Å². The first-order valence-electron chi connectivity index (χ1n) is 6.79. The van der Waals surface area contributed by atoms with E-state index in [1.807, 2.05) is 18.2 Å². The third kappa shape index (κ3) is 2.91. The minimum atomic E-state index is -0.312. The Labute approximate surface area is 109 Å². The number of aliphatic hydroxyl groups excluding tert-OH is 1. The molecule has 1 aromatic rings. The highest BCUT2D eigenvalue weighted by atomic mass is 16.5. The van der Waals surface area contributed by atoms with Crippen LogP contribution in [0.4, 0.5) is 0 Å². The molecule has 18 heavy (non-hydrogen) atoms. The van der Waals surface area contributed by atoms with Crippen LogP contribution in [-0.4, -0.2) is 31.0 Å². The fourth-order valence-corrected chi connectivity index (χ4v) is 2.70. The van der Waals surface area contributed by atoms with Gasteiger partial charge in [-0.1, -0.05) is 30.3 Å². The fourth-order valence-electron chi connectivity index (χ4n) is 2.70. The highest BCUT2D eigenvalue weighted by Crippen LogP contribution is 2.30. The topological polar surface area (TPSA) is 55.5 Å². The lowest BCUT2D eigenvalue weighted by atomic mass is 9.76. The van der Waals surface area contributed by atoms with Crippen molar-refractivity contribution in [3.63, 3.8) is 0 Å². The predicted octanol–water partition coefficient (Wildman–Crippen LogP) is 1.83. The van der Waals surface area contributed by atoms with E-state index in [2.05, 4.69) is 12.1 Å². The SMILES string of the molecule is NCC(CO)(CCC1CCCO1)c1ccccc1. The third-order valence-electron chi connectivity index (χ3n) is 4.05. The van der Waals surface area contributed by atoms with Gasteiger partial charge in [-0.15, -0.1) is 0 Å². The summed E-state index contributed by atoms with van der Waals surface area (Å²) in [5.74, 6) is 0. The Morgan fingerprint density at radius 3 is 2.67 bits per heavy atom. The zero-order valence-corrected chi connectivity index (χ0v) is 10.8. The number of aliphatic hydroxyl groups is 1. The summed E-state index contributed by atoms with van der Waals surface area (Å²) in [7, 11) is 0. The quantitative estimate of drug-likeness (QED) is 0.808. The molecular formula is C15H23NO2. The van der Waals surface area contributed by atoms with Gasteiger partial charge in [-0.2, -0.15) is 0 Å². The van der Waals surface area contributed by atoms with Gasteiger partial charge in [-0.05, 0) is 31.2 Å². The summed E-state index contributed by atoms with van der Waals surface area (Å²) < 4.78 is 5.65. The van der Waals surface area contributed by atoms with Crippen LogP contribution in [0.25, 0.3) is 0 Å². The Bertz CT molecular complexity index is 343. The van der Waals surface area contributed by atoms with Crippen molar-refractivity contribution in [2.75, 3.05) is 19.8 Å². The summed E-state index contributed by atoms with van der Waals surface area (Å²) in [6, 6.07) is 10.1. The van der Waals surface area contributed by atoms with E-state index < -0.39 is 0 Å². The number of rotatable bonds is 6. The molecule has 1 saturated heterocycles. The Kier molecular flexibility index (Phi) is 4.75. The van der Waals surface area contributed by atoms with Gasteiger partial charge in [-0.25, -0.2) is 0 Å². The molecule has 1 aliphatic heterocycles. The van der Waals surface area contributed by atoms with E-state index in [-0.39, 0.29) is 12.0 Å². The summed E-state index contributed by atoms with van der Waals surface area (Å²) in [5, 5.41) is 9.78. The van der Waals surface area contributed by atoms with Gasteiger partial charge in [0, 0.05) is 18.6 Å². The molecule has 1 heterocycles. The van der Waals surface area contributed by atoms with Crippen LogP contribution in [0.3, 0.4) is 0 Å². The average molecular weight is 249 g/mol. The lowest BCUT2D eigenvalue weighted by Gasteiger charge is -2.32. The summed E-state index contributed by atoms with van der Waals surface area (Å²) in [5.41, 5.74) is 6.75. The summed E-state index contributed by atoms with van der Waals surface area (Å²) in [4.78, 5) is 0. The number of hydrogen-bond acceptors (Lipinski definition) is 3. The van der Waals surface area contributed by atoms with Gasteiger partial charge >= 0.3 is 0 Å². The van der Waals surface area contributed by atoms with Crippen molar-refractivity contribution in [3.05, 3.63) is 35.9 Å². The first kappa shape index (κ1) is 13.5. The molecule has 2 rings (SSSR count). The maximum Gasteiger partial charge on any atom is 0.0576 e. The second-order valence-corrected chi connectivity index (χ2v) is 5.18. The highest BCUT2D eigenvalue weighted by Gasteiger charge is 2.31. The molecular weight excluding hydrogens is 226 g/mol. The molecule has 100 valence electrons. The van der Waals surface area contributed by atoms with E-state index in [1.54, 1.807) is 0 Å². The van der Waals surface area contributed by atoms with E-state index in [9.17, 15) is 5.11 Å². The lowest BCUT2D eigenvalue weighted by Crippen LogP contribution is -2.39. The smallest absolute Gasteiger partial charge is 0.0576 e. The van der Waals surface area contributed by atoms with E-state index in [1.165, 1.54) is 0 Å². The zero-order chi connectivity index (χ0) is 12.8. The van der Waals surface area contributed by atoms with Crippen molar-refractivity contribution < 1.29 is 9.84 Å². The van der Waals surface area contributed by atoms with Crippen LogP contribution >= 0.6 is 0 Å². The molecule has 0 spiro atoms. The van der Waals surface area contributed by atoms with Crippen molar-refractivity contribution in [2.24, 2.45) is 5.73 Å². The van der Waals surface area contributed by atoms with Gasteiger partial charge in [0.2, 0.25) is 0 Å². The van der Waals surface area contributed by atoms with Crippen molar-refractivity contribution >= 4 is 0 Å². The van der Waals surface area contributed by atoms with Crippen molar-refractivity contribution in [1.29, 1.82) is 0 Å². The van der Waals surface area contributed by atoms with Gasteiger partial charge in [0.05, 0.1) is 12.7 Å². The average Bonchev–Trinajstić information content (AvgIpc) is 2.95. The molecule has 0 aliphatic carbocycles. The van der Waals surface area contributed by atoms with Gasteiger partial charge in [0.25, 0.3) is 0 Å². The Morgan fingerprint density at radius 2 is 2.11 bits per heavy atom. The molecule has 1 fully saturated rings. The molecule has 0 bridgehead atoms. The van der Waals surface area contributed by atoms with Crippen LogP contribution in [0.15, 0.2) is 30.3 Å². The van der Waals surface area contributed by atoms with Gasteiger partial charge in [0.15, 0.2) is 0 Å². The molecule has 2 atom stereocenters. The Balaban J connectivity index is 2.06. The molecule has 3 nitrogen and oxygen atoms in total. The Hall–Kier alpha value is -0.900. The fraction of sp³-hybridized carbons (Fsp3) is 0.600.